The number of carbonyl (C=O) groups excluding carboxylic acids is 2. The summed E-state index contributed by atoms with van der Waals surface area (Å²) in [6, 6.07) is 13.7. The van der Waals surface area contributed by atoms with E-state index in [1.54, 1.807) is 55.7 Å². The summed E-state index contributed by atoms with van der Waals surface area (Å²) in [4.78, 5) is 31.4. The molecule has 32 heavy (non-hydrogen) atoms. The van der Waals surface area contributed by atoms with Crippen LogP contribution in [0.3, 0.4) is 0 Å². The monoisotopic (exact) mass is 432 g/mol. The number of aromatic nitrogens is 1. The fourth-order valence-electron chi connectivity index (χ4n) is 3.76. The zero-order valence-electron chi connectivity index (χ0n) is 17.6. The fraction of sp³-hybridized carbons (Fsp3) is 0.160. The highest BCUT2D eigenvalue weighted by Gasteiger charge is 2.46. The van der Waals surface area contributed by atoms with Crippen LogP contribution in [0.1, 0.15) is 28.3 Å². The molecule has 2 heterocycles. The lowest BCUT2D eigenvalue weighted by Gasteiger charge is -2.25. The third-order valence-electron chi connectivity index (χ3n) is 5.52. The second-order valence-corrected chi connectivity index (χ2v) is 7.52. The van der Waals surface area contributed by atoms with Crippen molar-refractivity contribution in [2.75, 3.05) is 7.11 Å². The van der Waals surface area contributed by atoms with Crippen LogP contribution < -0.4 is 4.74 Å². The molecule has 1 saturated heterocycles. The maximum Gasteiger partial charge on any atom is 0.295 e. The number of Topliss-reactive ketones (excluding diaryl/α,β-unsaturated/α-hetero) is 1. The summed E-state index contributed by atoms with van der Waals surface area (Å²) in [5.41, 5.74) is 1.85. The van der Waals surface area contributed by atoms with Crippen LogP contribution in [-0.2, 0) is 16.1 Å². The molecule has 0 spiro atoms. The zero-order chi connectivity index (χ0) is 22.8. The summed E-state index contributed by atoms with van der Waals surface area (Å²) < 4.78 is 19.4. The lowest BCUT2D eigenvalue weighted by atomic mass is 9.94. The van der Waals surface area contributed by atoms with Gasteiger partial charge in [0.2, 0.25) is 0 Å². The second-order valence-electron chi connectivity index (χ2n) is 7.52. The van der Waals surface area contributed by atoms with Crippen molar-refractivity contribution in [3.63, 3.8) is 0 Å². The Hall–Kier alpha value is -4.00. The van der Waals surface area contributed by atoms with Gasteiger partial charge in [-0.25, -0.2) is 4.39 Å². The number of aryl methyl sites for hydroxylation is 1. The van der Waals surface area contributed by atoms with Crippen molar-refractivity contribution >= 4 is 17.4 Å². The molecule has 6 nitrogen and oxygen atoms in total. The number of aliphatic hydroxyl groups excluding tert-OH is 1. The first-order valence-electron chi connectivity index (χ1n) is 9.98. The van der Waals surface area contributed by atoms with Gasteiger partial charge in [-0.1, -0.05) is 24.3 Å². The first kappa shape index (κ1) is 21.2. The molecular weight excluding hydrogens is 411 g/mol. The van der Waals surface area contributed by atoms with E-state index in [4.69, 9.17) is 4.74 Å². The molecule has 3 aromatic rings. The molecule has 0 saturated carbocycles. The van der Waals surface area contributed by atoms with E-state index in [1.807, 2.05) is 0 Å². The molecule has 0 bridgehead atoms. The lowest BCUT2D eigenvalue weighted by molar-refractivity contribution is -0.140. The summed E-state index contributed by atoms with van der Waals surface area (Å²) in [5.74, 6) is -1.88. The topological polar surface area (TPSA) is 79.7 Å². The molecule has 4 rings (SSSR count). The van der Waals surface area contributed by atoms with E-state index >= 15 is 0 Å². The van der Waals surface area contributed by atoms with Crippen molar-refractivity contribution in [1.82, 2.24) is 9.88 Å². The van der Waals surface area contributed by atoms with Gasteiger partial charge in [-0.3, -0.25) is 14.6 Å². The average Bonchev–Trinajstić information content (AvgIpc) is 3.06. The van der Waals surface area contributed by atoms with E-state index in [-0.39, 0.29) is 17.7 Å². The molecule has 1 amide bonds. The summed E-state index contributed by atoms with van der Waals surface area (Å²) in [6.45, 7) is 1.74. The van der Waals surface area contributed by atoms with Crippen molar-refractivity contribution in [2.24, 2.45) is 0 Å². The SMILES string of the molecule is COc1ccc(C2/C(=C(/O)c3ccc(C)c(F)c3)C(=O)C(=O)N2Cc2ccncc2)cc1. The Morgan fingerprint density at radius 1 is 1.09 bits per heavy atom. The van der Waals surface area contributed by atoms with Gasteiger partial charge in [-0.15, -0.1) is 0 Å². The summed E-state index contributed by atoms with van der Waals surface area (Å²) in [5, 5.41) is 11.0. The van der Waals surface area contributed by atoms with Gasteiger partial charge < -0.3 is 14.7 Å². The minimum absolute atomic E-state index is 0.0857. The molecular formula is C25H21FN2O4. The van der Waals surface area contributed by atoms with Gasteiger partial charge >= 0.3 is 0 Å². The van der Waals surface area contributed by atoms with Crippen LogP contribution in [0.2, 0.25) is 0 Å². The molecule has 162 valence electrons. The highest BCUT2D eigenvalue weighted by atomic mass is 19.1. The molecule has 0 radical (unpaired) electrons. The van der Waals surface area contributed by atoms with Gasteiger partial charge in [0.15, 0.2) is 0 Å². The normalized spacial score (nSPS) is 17.6. The maximum absolute atomic E-state index is 14.2. The molecule has 1 fully saturated rings. The molecule has 1 atom stereocenters. The first-order chi connectivity index (χ1) is 15.4. The van der Waals surface area contributed by atoms with E-state index in [0.29, 0.717) is 16.9 Å². The Kier molecular flexibility index (Phi) is 5.73. The highest BCUT2D eigenvalue weighted by Crippen LogP contribution is 2.40. The number of hydrogen-bond acceptors (Lipinski definition) is 5. The van der Waals surface area contributed by atoms with Crippen LogP contribution in [0, 0.1) is 12.7 Å². The van der Waals surface area contributed by atoms with Crippen LogP contribution in [0.4, 0.5) is 4.39 Å². The van der Waals surface area contributed by atoms with E-state index < -0.39 is 29.3 Å². The van der Waals surface area contributed by atoms with Crippen LogP contribution in [0.25, 0.3) is 5.76 Å². The van der Waals surface area contributed by atoms with Crippen molar-refractivity contribution < 1.29 is 23.8 Å². The Balaban J connectivity index is 1.86. The van der Waals surface area contributed by atoms with Gasteiger partial charge in [0.1, 0.15) is 17.3 Å². The van der Waals surface area contributed by atoms with E-state index in [1.165, 1.54) is 24.1 Å². The molecule has 2 aromatic carbocycles. The number of aliphatic hydroxyl groups is 1. The second kappa shape index (κ2) is 8.63. The third kappa shape index (κ3) is 3.85. The quantitative estimate of drug-likeness (QED) is 0.372. The third-order valence-corrected chi connectivity index (χ3v) is 5.52. The number of nitrogens with zero attached hydrogens (tertiary/aromatic N) is 2. The molecule has 1 unspecified atom stereocenters. The van der Waals surface area contributed by atoms with E-state index in [0.717, 1.165) is 11.6 Å². The number of amides is 1. The number of halogens is 1. The largest absolute Gasteiger partial charge is 0.507 e. The zero-order valence-corrected chi connectivity index (χ0v) is 17.6. The first-order valence-corrected chi connectivity index (χ1v) is 9.98. The van der Waals surface area contributed by atoms with Crippen LogP contribution in [0.5, 0.6) is 5.75 Å². The number of rotatable bonds is 5. The number of ketones is 1. The van der Waals surface area contributed by atoms with Gasteiger partial charge in [-0.05, 0) is 53.9 Å². The number of hydrogen-bond donors (Lipinski definition) is 1. The van der Waals surface area contributed by atoms with Gasteiger partial charge in [-0.2, -0.15) is 0 Å². The van der Waals surface area contributed by atoms with Crippen LogP contribution in [-0.4, -0.2) is 33.8 Å². The summed E-state index contributed by atoms with van der Waals surface area (Å²) in [7, 11) is 1.54. The number of likely N-dealkylation sites (tertiary alicyclic amines) is 1. The number of carbonyl (C=O) groups is 2. The van der Waals surface area contributed by atoms with Crippen molar-refractivity contribution in [3.8, 4) is 5.75 Å². The molecule has 1 aliphatic heterocycles. The van der Waals surface area contributed by atoms with E-state index in [9.17, 15) is 19.1 Å². The van der Waals surface area contributed by atoms with Gasteiger partial charge in [0.25, 0.3) is 11.7 Å². The minimum Gasteiger partial charge on any atom is -0.507 e. The smallest absolute Gasteiger partial charge is 0.295 e. The number of methoxy groups -OCH3 is 1. The standard InChI is InChI=1S/C25H21FN2O4/c1-15-3-4-18(13-20(15)26)23(29)21-22(17-5-7-19(32-2)8-6-17)28(25(31)24(21)30)14-16-9-11-27-12-10-16/h3-13,22,29H,14H2,1-2H3/b23-21-. The van der Waals surface area contributed by atoms with E-state index in [2.05, 4.69) is 4.98 Å². The van der Waals surface area contributed by atoms with Gasteiger partial charge in [0, 0.05) is 24.5 Å². The Morgan fingerprint density at radius 3 is 2.41 bits per heavy atom. The number of pyridine rings is 1. The number of benzene rings is 2. The molecule has 1 N–H and O–H groups in total. The molecule has 0 aliphatic carbocycles. The highest BCUT2D eigenvalue weighted by molar-refractivity contribution is 6.46. The molecule has 1 aliphatic rings. The van der Waals surface area contributed by atoms with Crippen molar-refractivity contribution in [3.05, 3.63) is 101 Å². The number of ether oxygens (including phenoxy) is 1. The van der Waals surface area contributed by atoms with Crippen molar-refractivity contribution in [2.45, 2.75) is 19.5 Å². The molecule has 1 aromatic heterocycles. The predicted molar refractivity (Wildman–Crippen MR) is 116 cm³/mol. The van der Waals surface area contributed by atoms with Crippen LogP contribution >= 0.6 is 0 Å². The van der Waals surface area contributed by atoms with Crippen LogP contribution in [0.15, 0.2) is 72.6 Å². The lowest BCUT2D eigenvalue weighted by Crippen LogP contribution is -2.29. The summed E-state index contributed by atoms with van der Waals surface area (Å²) in [6.07, 6.45) is 3.20. The van der Waals surface area contributed by atoms with Gasteiger partial charge in [0.05, 0.1) is 18.7 Å². The Morgan fingerprint density at radius 2 is 1.78 bits per heavy atom. The average molecular weight is 432 g/mol. The van der Waals surface area contributed by atoms with Crippen molar-refractivity contribution in [1.29, 1.82) is 0 Å². The minimum atomic E-state index is -0.849. The Bertz CT molecular complexity index is 1210. The maximum atomic E-state index is 14.2. The summed E-state index contributed by atoms with van der Waals surface area (Å²) >= 11 is 0. The Labute approximate surface area is 184 Å². The fourth-order valence-corrected chi connectivity index (χ4v) is 3.76. The predicted octanol–water partition coefficient (Wildman–Crippen LogP) is 4.16. The molecule has 7 heteroatoms.